The maximum atomic E-state index is 10.7. The molecule has 1 unspecified atom stereocenters. The van der Waals surface area contributed by atoms with Crippen LogP contribution in [0.1, 0.15) is 14.5 Å². The molecule has 7 nitrogen and oxygen atoms in total. The van der Waals surface area contributed by atoms with Crippen LogP contribution in [-0.2, 0) is 6.54 Å². The van der Waals surface area contributed by atoms with Gasteiger partial charge < -0.3 is 10.2 Å². The molecule has 0 amide bonds. The largest absolute Gasteiger partial charge is 0.477 e. The summed E-state index contributed by atoms with van der Waals surface area (Å²) in [6.07, 6.45) is -0.987. The highest BCUT2D eigenvalue weighted by Gasteiger charge is 2.34. The molecule has 0 aliphatic carbocycles. The monoisotopic (exact) mass is 280 g/mol. The Hall–Kier alpha value is -0.680. The van der Waals surface area contributed by atoms with Gasteiger partial charge >= 0.3 is 5.97 Å². The van der Waals surface area contributed by atoms with E-state index in [1.807, 2.05) is 0 Å². The predicted molar refractivity (Wildman–Crippen MR) is 63.7 cm³/mol. The van der Waals surface area contributed by atoms with Gasteiger partial charge in [-0.1, -0.05) is 11.0 Å². The van der Waals surface area contributed by atoms with E-state index >= 15 is 0 Å². The molecule has 5 N–H and O–H groups in total. The Morgan fingerprint density at radius 1 is 1.59 bits per heavy atom. The SMILES string of the molecule is O=C(O)c1ccc(CN2CC(O)NS2(O)O)s1. The van der Waals surface area contributed by atoms with Gasteiger partial charge in [0.05, 0.1) is 13.1 Å². The summed E-state index contributed by atoms with van der Waals surface area (Å²) in [7, 11) is -3.15. The minimum absolute atomic E-state index is 0.0860. The molecule has 17 heavy (non-hydrogen) atoms. The number of β-amino-alcohol motifs (C(OH)–C–C–N with tert-alkyl or cyclic N) is 1. The number of aliphatic hydroxyl groups is 1. The Kier molecular flexibility index (Phi) is 3.41. The summed E-state index contributed by atoms with van der Waals surface area (Å²) in [6.45, 7) is 0.271. The van der Waals surface area contributed by atoms with Gasteiger partial charge in [0.25, 0.3) is 0 Å². The zero-order valence-electron chi connectivity index (χ0n) is 8.61. The van der Waals surface area contributed by atoms with Crippen molar-refractivity contribution in [3.63, 3.8) is 0 Å². The first-order chi connectivity index (χ1) is 7.88. The van der Waals surface area contributed by atoms with Gasteiger partial charge in [0.15, 0.2) is 0 Å². The van der Waals surface area contributed by atoms with Gasteiger partial charge in [-0.15, -0.1) is 11.3 Å². The van der Waals surface area contributed by atoms with Gasteiger partial charge in [0, 0.05) is 4.88 Å². The highest BCUT2D eigenvalue weighted by atomic mass is 32.3. The lowest BCUT2D eigenvalue weighted by molar-refractivity contribution is 0.0702. The van der Waals surface area contributed by atoms with E-state index in [9.17, 15) is 19.0 Å². The van der Waals surface area contributed by atoms with E-state index in [0.29, 0.717) is 4.88 Å². The van der Waals surface area contributed by atoms with Crippen molar-refractivity contribution in [2.24, 2.45) is 0 Å². The molecule has 1 fully saturated rings. The van der Waals surface area contributed by atoms with Crippen LogP contribution in [-0.4, -0.2) is 42.4 Å². The van der Waals surface area contributed by atoms with Gasteiger partial charge in [-0.05, 0) is 12.1 Å². The van der Waals surface area contributed by atoms with E-state index < -0.39 is 23.2 Å². The Morgan fingerprint density at radius 2 is 2.29 bits per heavy atom. The Labute approximate surface area is 103 Å². The number of aliphatic hydroxyl groups excluding tert-OH is 1. The molecule has 96 valence electrons. The summed E-state index contributed by atoms with van der Waals surface area (Å²) in [5.74, 6) is -1.01. The second-order valence-corrected chi connectivity index (χ2v) is 6.50. The van der Waals surface area contributed by atoms with E-state index in [0.717, 1.165) is 11.3 Å². The maximum Gasteiger partial charge on any atom is 0.345 e. The molecule has 1 aliphatic rings. The van der Waals surface area contributed by atoms with Gasteiger partial charge in [0.1, 0.15) is 11.1 Å². The van der Waals surface area contributed by atoms with E-state index in [-0.39, 0.29) is 18.0 Å². The average molecular weight is 280 g/mol. The predicted octanol–water partition coefficient (Wildman–Crippen LogP) is 0.750. The summed E-state index contributed by atoms with van der Waals surface area (Å²) >= 11 is 1.07. The summed E-state index contributed by atoms with van der Waals surface area (Å²) < 4.78 is 22.7. The Balaban J connectivity index is 2.08. The second-order valence-electron chi connectivity index (χ2n) is 3.55. The molecule has 1 aromatic heterocycles. The minimum atomic E-state index is -3.15. The third-order valence-electron chi connectivity index (χ3n) is 2.24. The third-order valence-corrected chi connectivity index (χ3v) is 4.88. The molecule has 9 heteroatoms. The van der Waals surface area contributed by atoms with Crippen molar-refractivity contribution in [2.45, 2.75) is 12.8 Å². The lowest BCUT2D eigenvalue weighted by atomic mass is 10.4. The van der Waals surface area contributed by atoms with Crippen molar-refractivity contribution in [2.75, 3.05) is 6.54 Å². The van der Waals surface area contributed by atoms with Gasteiger partial charge in [-0.3, -0.25) is 9.11 Å². The molecular weight excluding hydrogens is 268 g/mol. The summed E-state index contributed by atoms with van der Waals surface area (Å²) in [5.41, 5.74) is 0. The highest BCUT2D eigenvalue weighted by molar-refractivity contribution is 8.20. The fourth-order valence-electron chi connectivity index (χ4n) is 1.50. The molecular formula is C8H12N2O5S2. The maximum absolute atomic E-state index is 10.7. The molecule has 1 saturated heterocycles. The molecule has 1 aliphatic heterocycles. The van der Waals surface area contributed by atoms with E-state index in [2.05, 4.69) is 4.72 Å². The number of aromatic carboxylic acids is 1. The van der Waals surface area contributed by atoms with Crippen molar-refractivity contribution >= 4 is 28.3 Å². The third kappa shape index (κ3) is 2.77. The van der Waals surface area contributed by atoms with Crippen LogP contribution in [0.4, 0.5) is 0 Å². The molecule has 1 aromatic rings. The van der Waals surface area contributed by atoms with E-state index in [1.165, 1.54) is 10.4 Å². The van der Waals surface area contributed by atoms with Crippen LogP contribution in [0, 0.1) is 0 Å². The molecule has 0 saturated carbocycles. The Bertz CT molecular complexity index is 435. The number of nitrogens with zero attached hydrogens (tertiary/aromatic N) is 1. The number of carboxylic acids is 1. The zero-order chi connectivity index (χ0) is 12.6. The number of nitrogens with one attached hydrogen (secondary N) is 1. The number of carboxylic acid groups (broad SMARTS) is 1. The summed E-state index contributed by atoms with van der Waals surface area (Å²) in [4.78, 5) is 11.6. The van der Waals surface area contributed by atoms with Crippen molar-refractivity contribution in [1.29, 1.82) is 0 Å². The van der Waals surface area contributed by atoms with Crippen LogP contribution in [0.5, 0.6) is 0 Å². The fourth-order valence-corrected chi connectivity index (χ4v) is 3.70. The van der Waals surface area contributed by atoms with Crippen LogP contribution < -0.4 is 4.72 Å². The number of thiophene rings is 1. The van der Waals surface area contributed by atoms with E-state index in [4.69, 9.17) is 5.11 Å². The second kappa shape index (κ2) is 4.53. The van der Waals surface area contributed by atoms with Crippen LogP contribution in [0.25, 0.3) is 0 Å². The van der Waals surface area contributed by atoms with Gasteiger partial charge in [-0.25, -0.2) is 4.79 Å². The fraction of sp³-hybridized carbons (Fsp3) is 0.375. The van der Waals surface area contributed by atoms with Crippen LogP contribution >= 0.6 is 22.3 Å². The molecule has 2 heterocycles. The smallest absolute Gasteiger partial charge is 0.345 e. The Morgan fingerprint density at radius 3 is 2.76 bits per heavy atom. The van der Waals surface area contributed by atoms with Crippen LogP contribution in [0.15, 0.2) is 12.1 Å². The summed E-state index contributed by atoms with van der Waals surface area (Å²) in [5, 5.41) is 18.0. The van der Waals surface area contributed by atoms with Crippen LogP contribution in [0.3, 0.4) is 0 Å². The molecule has 2 rings (SSSR count). The van der Waals surface area contributed by atoms with Gasteiger partial charge in [-0.2, -0.15) is 9.03 Å². The average Bonchev–Trinajstić information content (AvgIpc) is 2.72. The topological polar surface area (TPSA) is 113 Å². The quantitative estimate of drug-likeness (QED) is 0.555. The van der Waals surface area contributed by atoms with E-state index in [1.54, 1.807) is 6.07 Å². The number of hydrogen-bond donors (Lipinski definition) is 5. The normalized spacial score (nSPS) is 25.9. The number of carbonyl (C=O) groups is 1. The lowest BCUT2D eigenvalue weighted by Crippen LogP contribution is -2.25. The minimum Gasteiger partial charge on any atom is -0.477 e. The molecule has 0 aromatic carbocycles. The first-order valence-corrected chi connectivity index (χ1v) is 7.01. The first kappa shape index (κ1) is 12.8. The van der Waals surface area contributed by atoms with Crippen molar-refractivity contribution < 1.29 is 24.1 Å². The zero-order valence-corrected chi connectivity index (χ0v) is 10.2. The van der Waals surface area contributed by atoms with Crippen molar-refractivity contribution in [3.8, 4) is 0 Å². The summed E-state index contributed by atoms with van der Waals surface area (Å²) in [6, 6.07) is 3.09. The molecule has 0 bridgehead atoms. The number of rotatable bonds is 3. The van der Waals surface area contributed by atoms with Crippen molar-refractivity contribution in [3.05, 3.63) is 21.9 Å². The lowest BCUT2D eigenvalue weighted by Gasteiger charge is -2.34. The number of hydrogen-bond acceptors (Lipinski definition) is 7. The van der Waals surface area contributed by atoms with Gasteiger partial charge in [0.2, 0.25) is 0 Å². The van der Waals surface area contributed by atoms with Crippen LogP contribution in [0.2, 0.25) is 0 Å². The first-order valence-electron chi connectivity index (χ1n) is 4.69. The van der Waals surface area contributed by atoms with Crippen molar-refractivity contribution in [1.82, 2.24) is 9.03 Å². The molecule has 0 spiro atoms. The molecule has 1 atom stereocenters. The molecule has 0 radical (unpaired) electrons. The standard InChI is InChI=1S/C8H12N2O5S2/c11-7-4-10(17(14,15)9-7)3-5-1-2-6(16-5)8(12)13/h1-2,7,9,11,14-15H,3-4H2,(H,12,13). The highest BCUT2D eigenvalue weighted by Crippen LogP contribution is 2.44.